The van der Waals surface area contributed by atoms with Crippen molar-refractivity contribution >= 4 is 35.7 Å². The maximum Gasteiger partial charge on any atom is 0.253 e. The summed E-state index contributed by atoms with van der Waals surface area (Å²) in [5.74, 6) is -0.640. The van der Waals surface area contributed by atoms with Gasteiger partial charge in [0.05, 0.1) is 17.8 Å². The number of hydrogen-bond donors (Lipinski definition) is 3. The molecule has 0 atom stereocenters. The lowest BCUT2D eigenvalue weighted by molar-refractivity contribution is -0.115. The van der Waals surface area contributed by atoms with E-state index in [4.69, 9.17) is 10.5 Å². The van der Waals surface area contributed by atoms with Gasteiger partial charge in [-0.05, 0) is 36.7 Å². The zero-order chi connectivity index (χ0) is 22.6. The molecule has 10 heteroatoms. The number of aromatic nitrogens is 2. The van der Waals surface area contributed by atoms with Crippen molar-refractivity contribution in [1.82, 2.24) is 14.8 Å². The van der Waals surface area contributed by atoms with Crippen LogP contribution in [-0.4, -0.2) is 48.4 Å². The number of amides is 2. The van der Waals surface area contributed by atoms with Crippen LogP contribution in [-0.2, 0) is 15.1 Å². The van der Waals surface area contributed by atoms with Gasteiger partial charge in [0.15, 0.2) is 5.13 Å². The second kappa shape index (κ2) is 9.68. The standard InChI is InChI=1S/C22H25BN5O3S/c1-23-28-8-5-16(13-28)20(30)25-12-19(29)27-21-26-18(14-32-21)15-3-2-4-17(11-15)22(24)6-9-31-10-7-22/h2-5,8,11,13-14H,6-7,9-10,12,24H2,1H3,(H,25,30)(H,26,27,29). The first kappa shape index (κ1) is 22.3. The van der Waals surface area contributed by atoms with Gasteiger partial charge >= 0.3 is 0 Å². The van der Waals surface area contributed by atoms with Crippen molar-refractivity contribution in [3.63, 3.8) is 0 Å². The maximum atomic E-state index is 12.3. The minimum Gasteiger partial charge on any atom is -0.402 e. The Morgan fingerprint density at radius 3 is 2.88 bits per heavy atom. The summed E-state index contributed by atoms with van der Waals surface area (Å²) >= 11 is 1.34. The Morgan fingerprint density at radius 2 is 2.12 bits per heavy atom. The molecule has 1 aliphatic rings. The first-order chi connectivity index (χ1) is 15.5. The zero-order valence-corrected chi connectivity index (χ0v) is 18.7. The highest BCUT2D eigenvalue weighted by Crippen LogP contribution is 2.33. The van der Waals surface area contributed by atoms with Crippen LogP contribution in [0.2, 0.25) is 6.82 Å². The molecule has 2 amide bonds. The van der Waals surface area contributed by atoms with Crippen LogP contribution < -0.4 is 16.4 Å². The van der Waals surface area contributed by atoms with E-state index in [-0.39, 0.29) is 18.4 Å². The molecule has 0 aliphatic carbocycles. The molecule has 0 bridgehead atoms. The topological polar surface area (TPSA) is 111 Å². The fourth-order valence-electron chi connectivity index (χ4n) is 3.61. The molecule has 3 aromatic rings. The van der Waals surface area contributed by atoms with Crippen LogP contribution in [0.5, 0.6) is 0 Å². The molecule has 0 saturated carbocycles. The van der Waals surface area contributed by atoms with E-state index in [0.717, 1.165) is 29.7 Å². The fourth-order valence-corrected chi connectivity index (χ4v) is 4.35. The Balaban J connectivity index is 1.36. The van der Waals surface area contributed by atoms with Gasteiger partial charge in [0.2, 0.25) is 13.3 Å². The van der Waals surface area contributed by atoms with Gasteiger partial charge < -0.3 is 25.6 Å². The number of hydrogen-bond acceptors (Lipinski definition) is 6. The fraction of sp³-hybridized carbons (Fsp3) is 0.318. The van der Waals surface area contributed by atoms with E-state index >= 15 is 0 Å². The molecule has 1 aliphatic heterocycles. The maximum absolute atomic E-state index is 12.3. The van der Waals surface area contributed by atoms with Crippen LogP contribution in [0.15, 0.2) is 48.1 Å². The summed E-state index contributed by atoms with van der Waals surface area (Å²) in [6.45, 7) is 3.05. The summed E-state index contributed by atoms with van der Waals surface area (Å²) in [7, 11) is 1.83. The molecule has 8 nitrogen and oxygen atoms in total. The molecule has 1 saturated heterocycles. The van der Waals surface area contributed by atoms with Gasteiger partial charge in [0, 0.05) is 35.9 Å². The molecule has 4 rings (SSSR count). The molecule has 0 unspecified atom stereocenters. The molecular formula is C22H25BN5O3S. The predicted molar refractivity (Wildman–Crippen MR) is 126 cm³/mol. The van der Waals surface area contributed by atoms with Crippen LogP contribution in [0.3, 0.4) is 0 Å². The van der Waals surface area contributed by atoms with Gasteiger partial charge in [-0.15, -0.1) is 11.3 Å². The molecule has 32 heavy (non-hydrogen) atoms. The quantitative estimate of drug-likeness (QED) is 0.479. The van der Waals surface area contributed by atoms with E-state index < -0.39 is 5.54 Å². The van der Waals surface area contributed by atoms with Gasteiger partial charge in [-0.1, -0.05) is 25.0 Å². The number of benzene rings is 1. The largest absolute Gasteiger partial charge is 0.402 e. The van der Waals surface area contributed by atoms with E-state index in [2.05, 4.69) is 21.7 Å². The molecule has 1 fully saturated rings. The van der Waals surface area contributed by atoms with Crippen LogP contribution in [0.4, 0.5) is 5.13 Å². The molecule has 1 radical (unpaired) electrons. The van der Waals surface area contributed by atoms with E-state index in [0.29, 0.717) is 23.9 Å². The summed E-state index contributed by atoms with van der Waals surface area (Å²) in [6.07, 6.45) is 5.03. The average Bonchev–Trinajstić information content (AvgIpc) is 3.48. The van der Waals surface area contributed by atoms with Crippen LogP contribution in [0.25, 0.3) is 11.3 Å². The summed E-state index contributed by atoms with van der Waals surface area (Å²) in [5, 5.41) is 7.73. The predicted octanol–water partition coefficient (Wildman–Crippen LogP) is 2.46. The Morgan fingerprint density at radius 1 is 1.31 bits per heavy atom. The lowest BCUT2D eigenvalue weighted by Gasteiger charge is -2.34. The van der Waals surface area contributed by atoms with Crippen LogP contribution in [0, 0.1) is 0 Å². The molecule has 165 valence electrons. The molecule has 1 aromatic carbocycles. The SMILES string of the molecule is C[B]n1ccc(C(=O)NCC(=O)Nc2nc(-c3cccc(C4(N)CCOCC4)c3)cs2)c1. The summed E-state index contributed by atoms with van der Waals surface area (Å²) < 4.78 is 7.22. The van der Waals surface area contributed by atoms with Gasteiger partial charge in [-0.2, -0.15) is 0 Å². The third kappa shape index (κ3) is 5.09. The molecule has 2 aromatic heterocycles. The number of nitrogens with one attached hydrogen (secondary N) is 2. The number of carbonyl (C=O) groups excluding carboxylic acids is 2. The van der Waals surface area contributed by atoms with E-state index in [9.17, 15) is 9.59 Å². The Hall–Kier alpha value is -2.95. The van der Waals surface area contributed by atoms with Gasteiger partial charge in [0.25, 0.3) is 5.91 Å². The zero-order valence-electron chi connectivity index (χ0n) is 17.8. The number of rotatable bonds is 7. The minimum absolute atomic E-state index is 0.137. The lowest BCUT2D eigenvalue weighted by Crippen LogP contribution is -2.42. The number of ether oxygens (including phenoxy) is 1. The highest BCUT2D eigenvalue weighted by Gasteiger charge is 2.30. The van der Waals surface area contributed by atoms with E-state index in [1.54, 1.807) is 22.9 Å². The average molecular weight is 450 g/mol. The summed E-state index contributed by atoms with van der Waals surface area (Å²) in [5.41, 5.74) is 9.49. The third-order valence-corrected chi connectivity index (χ3v) is 6.31. The normalized spacial score (nSPS) is 15.2. The van der Waals surface area contributed by atoms with Gasteiger partial charge in [0.1, 0.15) is 0 Å². The molecule has 0 spiro atoms. The van der Waals surface area contributed by atoms with Crippen molar-refractivity contribution in [2.24, 2.45) is 5.73 Å². The highest BCUT2D eigenvalue weighted by atomic mass is 32.1. The van der Waals surface area contributed by atoms with Crippen molar-refractivity contribution in [1.29, 1.82) is 0 Å². The number of nitrogens with zero attached hydrogens (tertiary/aromatic N) is 2. The van der Waals surface area contributed by atoms with E-state index in [1.165, 1.54) is 11.3 Å². The molecule has 4 N–H and O–H groups in total. The smallest absolute Gasteiger partial charge is 0.253 e. The number of thiazole rings is 1. The summed E-state index contributed by atoms with van der Waals surface area (Å²) in [6, 6.07) is 9.75. The highest BCUT2D eigenvalue weighted by molar-refractivity contribution is 7.14. The minimum atomic E-state index is -0.393. The second-order valence-electron chi connectivity index (χ2n) is 7.72. The van der Waals surface area contributed by atoms with Crippen molar-refractivity contribution in [3.8, 4) is 11.3 Å². The molecular weight excluding hydrogens is 425 g/mol. The van der Waals surface area contributed by atoms with Crippen molar-refractivity contribution in [3.05, 3.63) is 59.2 Å². The number of nitrogens with two attached hydrogens (primary N) is 1. The van der Waals surface area contributed by atoms with Gasteiger partial charge in [-0.3, -0.25) is 9.59 Å². The number of carbonyl (C=O) groups is 2. The Bertz CT molecular complexity index is 1110. The van der Waals surface area contributed by atoms with Crippen LogP contribution in [0.1, 0.15) is 28.8 Å². The Labute approximate surface area is 191 Å². The van der Waals surface area contributed by atoms with Crippen molar-refractivity contribution in [2.45, 2.75) is 25.2 Å². The monoisotopic (exact) mass is 450 g/mol. The summed E-state index contributed by atoms with van der Waals surface area (Å²) in [4.78, 5) is 28.9. The Kier molecular flexibility index (Phi) is 6.73. The lowest BCUT2D eigenvalue weighted by atomic mass is 9.83. The molecule has 3 heterocycles. The van der Waals surface area contributed by atoms with Gasteiger partial charge in [-0.25, -0.2) is 4.98 Å². The second-order valence-corrected chi connectivity index (χ2v) is 8.58. The third-order valence-electron chi connectivity index (χ3n) is 5.55. The van der Waals surface area contributed by atoms with Crippen molar-refractivity contribution < 1.29 is 14.3 Å². The number of anilines is 1. The van der Waals surface area contributed by atoms with Crippen molar-refractivity contribution in [2.75, 3.05) is 25.1 Å². The first-order valence-corrected chi connectivity index (χ1v) is 11.3. The first-order valence-electron chi connectivity index (χ1n) is 10.4. The van der Waals surface area contributed by atoms with Crippen LogP contribution >= 0.6 is 11.3 Å². The van der Waals surface area contributed by atoms with E-state index in [1.807, 2.05) is 37.8 Å².